The predicted molar refractivity (Wildman–Crippen MR) is 88.4 cm³/mol. The number of rotatable bonds is 7. The summed E-state index contributed by atoms with van der Waals surface area (Å²) < 4.78 is 10.3. The summed E-state index contributed by atoms with van der Waals surface area (Å²) in [4.78, 5) is 25.4. The summed E-state index contributed by atoms with van der Waals surface area (Å²) >= 11 is 0. The van der Waals surface area contributed by atoms with Gasteiger partial charge in [0.25, 0.3) is 0 Å². The van der Waals surface area contributed by atoms with Gasteiger partial charge in [0.15, 0.2) is 11.6 Å². The molecule has 120 valence electrons. The Morgan fingerprint density at radius 1 is 0.870 bits per heavy atom. The van der Waals surface area contributed by atoms with Gasteiger partial charge in [-0.2, -0.15) is 0 Å². The molecule has 4 nitrogen and oxygen atoms in total. The lowest BCUT2D eigenvalue weighted by molar-refractivity contribution is 0.0803. The van der Waals surface area contributed by atoms with Crippen LogP contribution in [0.2, 0.25) is 0 Å². The Morgan fingerprint density at radius 2 is 1.30 bits per heavy atom. The Morgan fingerprint density at radius 3 is 1.65 bits per heavy atom. The second-order valence-corrected chi connectivity index (χ2v) is 5.15. The van der Waals surface area contributed by atoms with Gasteiger partial charge in [-0.25, -0.2) is 0 Å². The highest BCUT2D eigenvalue weighted by molar-refractivity contribution is 6.16. The van der Waals surface area contributed by atoms with Crippen LogP contribution in [0.25, 0.3) is 0 Å². The maximum Gasteiger partial charge on any atom is 0.173 e. The molecule has 0 fully saturated rings. The van der Waals surface area contributed by atoms with E-state index in [1.165, 1.54) is 0 Å². The molecule has 0 bridgehead atoms. The molecule has 0 aliphatic rings. The van der Waals surface area contributed by atoms with Gasteiger partial charge in [-0.3, -0.25) is 9.59 Å². The third kappa shape index (κ3) is 3.77. The van der Waals surface area contributed by atoms with Crippen molar-refractivity contribution in [2.45, 2.75) is 13.3 Å². The van der Waals surface area contributed by atoms with Crippen molar-refractivity contribution in [3.8, 4) is 11.5 Å². The first-order chi connectivity index (χ1) is 11.1. The molecular formula is C19H20O4. The lowest BCUT2D eigenvalue weighted by Crippen LogP contribution is -2.24. The minimum absolute atomic E-state index is 0.195. The quantitative estimate of drug-likeness (QED) is 0.576. The fourth-order valence-electron chi connectivity index (χ4n) is 2.44. The Hall–Kier alpha value is -2.62. The molecule has 2 aromatic rings. The normalized spacial score (nSPS) is 10.4. The molecule has 0 amide bonds. The monoisotopic (exact) mass is 312 g/mol. The van der Waals surface area contributed by atoms with Crippen molar-refractivity contribution in [3.63, 3.8) is 0 Å². The van der Waals surface area contributed by atoms with Crippen LogP contribution in [0.4, 0.5) is 0 Å². The molecule has 2 aromatic carbocycles. The van der Waals surface area contributed by atoms with Crippen molar-refractivity contribution in [1.82, 2.24) is 0 Å². The van der Waals surface area contributed by atoms with E-state index in [0.717, 1.165) is 0 Å². The van der Waals surface area contributed by atoms with E-state index in [4.69, 9.17) is 9.47 Å². The standard InChI is InChI=1S/C19H20O4/c1-4-17(18(20)13-7-5-9-15(11-13)22-2)19(21)14-8-6-10-16(12-14)23-3/h5-12,17H,4H2,1-3H3. The summed E-state index contributed by atoms with van der Waals surface area (Å²) in [5, 5.41) is 0. The highest BCUT2D eigenvalue weighted by Crippen LogP contribution is 2.22. The number of ether oxygens (including phenoxy) is 2. The van der Waals surface area contributed by atoms with E-state index in [0.29, 0.717) is 29.0 Å². The number of carbonyl (C=O) groups excluding carboxylic acids is 2. The van der Waals surface area contributed by atoms with Gasteiger partial charge in [-0.15, -0.1) is 0 Å². The first-order valence-electron chi connectivity index (χ1n) is 7.47. The molecule has 2 rings (SSSR count). The first kappa shape index (κ1) is 16.7. The van der Waals surface area contributed by atoms with Crippen molar-refractivity contribution in [2.24, 2.45) is 5.92 Å². The van der Waals surface area contributed by atoms with Gasteiger partial charge in [-0.1, -0.05) is 31.2 Å². The van der Waals surface area contributed by atoms with E-state index >= 15 is 0 Å². The van der Waals surface area contributed by atoms with Crippen molar-refractivity contribution >= 4 is 11.6 Å². The predicted octanol–water partition coefficient (Wildman–Crippen LogP) is 3.80. The fourth-order valence-corrected chi connectivity index (χ4v) is 2.44. The molecule has 0 saturated carbocycles. The van der Waals surface area contributed by atoms with E-state index in [1.807, 2.05) is 6.92 Å². The van der Waals surface area contributed by atoms with E-state index in [-0.39, 0.29) is 11.6 Å². The maximum absolute atomic E-state index is 12.7. The first-order valence-corrected chi connectivity index (χ1v) is 7.47. The van der Waals surface area contributed by atoms with Gasteiger partial charge < -0.3 is 9.47 Å². The molecule has 0 saturated heterocycles. The van der Waals surface area contributed by atoms with E-state index < -0.39 is 5.92 Å². The number of benzene rings is 2. The zero-order valence-corrected chi connectivity index (χ0v) is 13.5. The minimum atomic E-state index is -0.714. The van der Waals surface area contributed by atoms with Crippen LogP contribution in [0.3, 0.4) is 0 Å². The highest BCUT2D eigenvalue weighted by Gasteiger charge is 2.27. The van der Waals surface area contributed by atoms with Crippen LogP contribution in [0.1, 0.15) is 34.1 Å². The van der Waals surface area contributed by atoms with E-state index in [1.54, 1.807) is 62.8 Å². The molecule has 0 aliphatic carbocycles. The van der Waals surface area contributed by atoms with E-state index in [9.17, 15) is 9.59 Å². The number of Topliss-reactive ketones (excluding diaryl/α,β-unsaturated/α-hetero) is 2. The SMILES string of the molecule is CCC(C(=O)c1cccc(OC)c1)C(=O)c1cccc(OC)c1. The summed E-state index contributed by atoms with van der Waals surface area (Å²) in [5.74, 6) is 0.0896. The molecule has 4 heteroatoms. The van der Waals surface area contributed by atoms with Gasteiger partial charge in [-0.05, 0) is 30.7 Å². The Bertz CT molecular complexity index is 647. The van der Waals surface area contributed by atoms with Crippen molar-refractivity contribution in [2.75, 3.05) is 14.2 Å². The largest absolute Gasteiger partial charge is 0.497 e. The molecule has 0 atom stereocenters. The highest BCUT2D eigenvalue weighted by atomic mass is 16.5. The number of carbonyl (C=O) groups is 2. The molecule has 23 heavy (non-hydrogen) atoms. The lowest BCUT2D eigenvalue weighted by atomic mass is 9.88. The van der Waals surface area contributed by atoms with Crippen LogP contribution in [-0.2, 0) is 0 Å². The molecule has 0 unspecified atom stereocenters. The van der Waals surface area contributed by atoms with Gasteiger partial charge in [0, 0.05) is 11.1 Å². The number of hydrogen-bond acceptors (Lipinski definition) is 4. The average Bonchev–Trinajstić information content (AvgIpc) is 2.62. The van der Waals surface area contributed by atoms with Gasteiger partial charge in [0.2, 0.25) is 0 Å². The molecule has 0 spiro atoms. The summed E-state index contributed by atoms with van der Waals surface area (Å²) in [6.45, 7) is 1.83. The second kappa shape index (κ2) is 7.58. The maximum atomic E-state index is 12.7. The fraction of sp³-hybridized carbons (Fsp3) is 0.263. The summed E-state index contributed by atoms with van der Waals surface area (Å²) in [6.07, 6.45) is 0.437. The number of ketones is 2. The Labute approximate surface area is 136 Å². The van der Waals surface area contributed by atoms with E-state index in [2.05, 4.69) is 0 Å². The molecule has 0 N–H and O–H groups in total. The topological polar surface area (TPSA) is 52.6 Å². The van der Waals surface area contributed by atoms with Crippen LogP contribution in [-0.4, -0.2) is 25.8 Å². The third-order valence-corrected chi connectivity index (χ3v) is 3.75. The van der Waals surface area contributed by atoms with Crippen molar-refractivity contribution in [1.29, 1.82) is 0 Å². The van der Waals surface area contributed by atoms with Crippen LogP contribution in [0.15, 0.2) is 48.5 Å². The van der Waals surface area contributed by atoms with Gasteiger partial charge in [0.1, 0.15) is 11.5 Å². The number of methoxy groups -OCH3 is 2. The zero-order valence-electron chi connectivity index (χ0n) is 13.5. The summed E-state index contributed by atoms with van der Waals surface area (Å²) in [6, 6.07) is 13.7. The smallest absolute Gasteiger partial charge is 0.173 e. The number of hydrogen-bond donors (Lipinski definition) is 0. The van der Waals surface area contributed by atoms with Crippen molar-refractivity contribution < 1.29 is 19.1 Å². The Balaban J connectivity index is 2.30. The van der Waals surface area contributed by atoms with Crippen LogP contribution in [0, 0.1) is 5.92 Å². The average molecular weight is 312 g/mol. The molecule has 0 heterocycles. The Kier molecular flexibility index (Phi) is 5.52. The van der Waals surface area contributed by atoms with Crippen LogP contribution < -0.4 is 9.47 Å². The zero-order chi connectivity index (χ0) is 16.8. The molecule has 0 aromatic heterocycles. The third-order valence-electron chi connectivity index (χ3n) is 3.75. The molecular weight excluding hydrogens is 292 g/mol. The lowest BCUT2D eigenvalue weighted by Gasteiger charge is -2.14. The van der Waals surface area contributed by atoms with Crippen LogP contribution in [0.5, 0.6) is 11.5 Å². The van der Waals surface area contributed by atoms with Gasteiger partial charge >= 0.3 is 0 Å². The summed E-state index contributed by atoms with van der Waals surface area (Å²) in [5.41, 5.74) is 0.958. The molecule has 0 aliphatic heterocycles. The summed E-state index contributed by atoms with van der Waals surface area (Å²) in [7, 11) is 3.09. The van der Waals surface area contributed by atoms with Crippen molar-refractivity contribution in [3.05, 3.63) is 59.7 Å². The van der Waals surface area contributed by atoms with Crippen LogP contribution >= 0.6 is 0 Å². The van der Waals surface area contributed by atoms with Gasteiger partial charge in [0.05, 0.1) is 20.1 Å². The molecule has 0 radical (unpaired) electrons. The minimum Gasteiger partial charge on any atom is -0.497 e. The second-order valence-electron chi connectivity index (χ2n) is 5.15.